The second kappa shape index (κ2) is 6.47. The molecule has 1 aliphatic carbocycles. The summed E-state index contributed by atoms with van der Waals surface area (Å²) in [5, 5.41) is 3.36. The molecule has 4 heteroatoms. The fraction of sp³-hybridized carbons (Fsp3) is 0.643. The first kappa shape index (κ1) is 13.0. The van der Waals surface area contributed by atoms with E-state index in [1.807, 2.05) is 17.8 Å². The minimum absolute atomic E-state index is 0.520. The summed E-state index contributed by atoms with van der Waals surface area (Å²) in [4.78, 5) is 4.40. The highest BCUT2D eigenvalue weighted by molar-refractivity contribution is 5.78. The number of nitrogens with one attached hydrogen (secondary N) is 1. The maximum absolute atomic E-state index is 5.94. The van der Waals surface area contributed by atoms with Gasteiger partial charge in [0.1, 0.15) is 0 Å². The van der Waals surface area contributed by atoms with E-state index in [1.165, 1.54) is 44.1 Å². The molecule has 3 N–H and O–H groups in total. The molecule has 1 saturated carbocycles. The van der Waals surface area contributed by atoms with Crippen LogP contribution in [0.2, 0.25) is 0 Å². The maximum Gasteiger partial charge on any atom is 0.189 e. The molecule has 0 aromatic carbocycles. The van der Waals surface area contributed by atoms with E-state index in [1.54, 1.807) is 0 Å². The van der Waals surface area contributed by atoms with Crippen molar-refractivity contribution in [2.45, 2.75) is 51.1 Å². The van der Waals surface area contributed by atoms with Crippen molar-refractivity contribution >= 4 is 5.96 Å². The van der Waals surface area contributed by atoms with E-state index >= 15 is 0 Å². The first-order valence-corrected chi connectivity index (χ1v) is 6.91. The summed E-state index contributed by atoms with van der Waals surface area (Å²) >= 11 is 0. The van der Waals surface area contributed by atoms with E-state index in [0.29, 0.717) is 18.5 Å². The van der Waals surface area contributed by atoms with Gasteiger partial charge in [-0.2, -0.15) is 0 Å². The second-order valence-electron chi connectivity index (χ2n) is 5.22. The summed E-state index contributed by atoms with van der Waals surface area (Å²) in [6, 6.07) is 2.59. The molecule has 1 heterocycles. The third-order valence-electron chi connectivity index (χ3n) is 3.53. The number of aromatic nitrogens is 1. The Morgan fingerprint density at radius 3 is 2.72 bits per heavy atom. The van der Waals surface area contributed by atoms with Gasteiger partial charge in [-0.1, -0.05) is 25.7 Å². The predicted molar refractivity (Wildman–Crippen MR) is 75.4 cm³/mol. The molecule has 100 valence electrons. The van der Waals surface area contributed by atoms with Crippen molar-refractivity contribution in [1.82, 2.24) is 9.88 Å². The number of nitrogens with two attached hydrogens (primary N) is 1. The minimum Gasteiger partial charge on any atom is -0.370 e. The van der Waals surface area contributed by atoms with Gasteiger partial charge in [-0.15, -0.1) is 0 Å². The number of rotatable bonds is 3. The molecule has 0 unspecified atom stereocenters. The van der Waals surface area contributed by atoms with Crippen LogP contribution in [0.3, 0.4) is 0 Å². The Bertz CT molecular complexity index is 386. The fourth-order valence-corrected chi connectivity index (χ4v) is 2.51. The van der Waals surface area contributed by atoms with Crippen LogP contribution in [-0.4, -0.2) is 16.6 Å². The normalized spacial score (nSPS) is 18.6. The molecule has 1 fully saturated rings. The van der Waals surface area contributed by atoms with Crippen molar-refractivity contribution in [3.63, 3.8) is 0 Å². The lowest BCUT2D eigenvalue weighted by atomic mass is 10.1. The van der Waals surface area contributed by atoms with Crippen molar-refractivity contribution in [3.8, 4) is 0 Å². The Balaban J connectivity index is 1.80. The zero-order chi connectivity index (χ0) is 12.8. The van der Waals surface area contributed by atoms with Crippen LogP contribution >= 0.6 is 0 Å². The summed E-state index contributed by atoms with van der Waals surface area (Å²) in [6.07, 6.45) is 11.9. The molecule has 0 radical (unpaired) electrons. The first-order valence-electron chi connectivity index (χ1n) is 6.91. The molecule has 1 aromatic heterocycles. The van der Waals surface area contributed by atoms with Gasteiger partial charge in [-0.25, -0.2) is 4.99 Å². The van der Waals surface area contributed by atoms with E-state index in [2.05, 4.69) is 22.6 Å². The fourth-order valence-electron chi connectivity index (χ4n) is 2.51. The molecule has 0 atom stereocenters. The maximum atomic E-state index is 5.94. The average Bonchev–Trinajstić information content (AvgIpc) is 2.60. The zero-order valence-corrected chi connectivity index (χ0v) is 11.2. The highest BCUT2D eigenvalue weighted by atomic mass is 15.1. The number of guanidine groups is 1. The molecular formula is C14H24N4. The van der Waals surface area contributed by atoms with E-state index in [0.717, 1.165) is 0 Å². The Hall–Kier alpha value is -1.45. The lowest BCUT2D eigenvalue weighted by molar-refractivity contribution is 0.530. The number of aryl methyl sites for hydroxylation is 1. The Labute approximate surface area is 109 Å². The van der Waals surface area contributed by atoms with Crippen molar-refractivity contribution in [1.29, 1.82) is 0 Å². The van der Waals surface area contributed by atoms with Crippen LogP contribution in [0, 0.1) is 0 Å². The summed E-state index contributed by atoms with van der Waals surface area (Å²) < 4.78 is 2.03. The Kier molecular flexibility index (Phi) is 4.67. The smallest absolute Gasteiger partial charge is 0.189 e. The van der Waals surface area contributed by atoms with Crippen molar-refractivity contribution in [2.75, 3.05) is 0 Å². The molecule has 4 nitrogen and oxygen atoms in total. The van der Waals surface area contributed by atoms with Crippen LogP contribution in [0.4, 0.5) is 0 Å². The van der Waals surface area contributed by atoms with Crippen LogP contribution in [-0.2, 0) is 13.6 Å². The molecule has 0 saturated heterocycles. The lowest BCUT2D eigenvalue weighted by Gasteiger charge is -2.16. The van der Waals surface area contributed by atoms with Crippen molar-refractivity contribution in [3.05, 3.63) is 24.0 Å². The highest BCUT2D eigenvalue weighted by Gasteiger charge is 2.12. The molecule has 1 aliphatic rings. The van der Waals surface area contributed by atoms with Gasteiger partial charge in [0.05, 0.1) is 6.54 Å². The van der Waals surface area contributed by atoms with Gasteiger partial charge in [0.2, 0.25) is 0 Å². The molecule has 0 amide bonds. The van der Waals surface area contributed by atoms with Gasteiger partial charge in [-0.3, -0.25) is 0 Å². The van der Waals surface area contributed by atoms with Crippen molar-refractivity contribution < 1.29 is 0 Å². The van der Waals surface area contributed by atoms with Crippen LogP contribution < -0.4 is 11.1 Å². The van der Waals surface area contributed by atoms with Crippen LogP contribution in [0.15, 0.2) is 23.5 Å². The molecule has 0 spiro atoms. The first-order chi connectivity index (χ1) is 8.74. The molecular weight excluding hydrogens is 224 g/mol. The molecule has 1 aromatic rings. The Morgan fingerprint density at radius 1 is 1.39 bits per heavy atom. The van der Waals surface area contributed by atoms with Gasteiger partial charge >= 0.3 is 0 Å². The van der Waals surface area contributed by atoms with Gasteiger partial charge in [0, 0.05) is 25.5 Å². The zero-order valence-electron chi connectivity index (χ0n) is 11.2. The molecule has 0 aliphatic heterocycles. The number of hydrogen-bond donors (Lipinski definition) is 2. The van der Waals surface area contributed by atoms with E-state index in [9.17, 15) is 0 Å². The van der Waals surface area contributed by atoms with Gasteiger partial charge < -0.3 is 15.6 Å². The summed E-state index contributed by atoms with van der Waals surface area (Å²) in [5.41, 5.74) is 7.14. The SMILES string of the molecule is Cn1ccc(CN=C(N)NC2CCCCCC2)c1. The third-order valence-corrected chi connectivity index (χ3v) is 3.53. The molecule has 18 heavy (non-hydrogen) atoms. The number of nitrogens with zero attached hydrogens (tertiary/aromatic N) is 2. The quantitative estimate of drug-likeness (QED) is 0.489. The van der Waals surface area contributed by atoms with Gasteiger partial charge in [0.25, 0.3) is 0 Å². The number of hydrogen-bond acceptors (Lipinski definition) is 1. The largest absolute Gasteiger partial charge is 0.370 e. The molecule has 0 bridgehead atoms. The van der Waals surface area contributed by atoms with E-state index in [-0.39, 0.29) is 0 Å². The predicted octanol–water partition coefficient (Wildman–Crippen LogP) is 2.15. The monoisotopic (exact) mass is 248 g/mol. The van der Waals surface area contributed by atoms with Crippen LogP contribution in [0.25, 0.3) is 0 Å². The van der Waals surface area contributed by atoms with Crippen LogP contribution in [0.1, 0.15) is 44.1 Å². The van der Waals surface area contributed by atoms with Crippen LogP contribution in [0.5, 0.6) is 0 Å². The summed E-state index contributed by atoms with van der Waals surface area (Å²) in [5.74, 6) is 0.589. The van der Waals surface area contributed by atoms with E-state index in [4.69, 9.17) is 5.73 Å². The molecule has 2 rings (SSSR count). The Morgan fingerprint density at radius 2 is 2.11 bits per heavy atom. The third kappa shape index (κ3) is 4.09. The second-order valence-corrected chi connectivity index (χ2v) is 5.22. The summed E-state index contributed by atoms with van der Waals surface area (Å²) in [7, 11) is 2.01. The highest BCUT2D eigenvalue weighted by Crippen LogP contribution is 2.16. The topological polar surface area (TPSA) is 55.3 Å². The van der Waals surface area contributed by atoms with Gasteiger partial charge in [-0.05, 0) is 24.5 Å². The summed E-state index contributed by atoms with van der Waals surface area (Å²) in [6.45, 7) is 0.659. The number of aliphatic imine (C=N–C) groups is 1. The van der Waals surface area contributed by atoms with Gasteiger partial charge in [0.15, 0.2) is 5.96 Å². The average molecular weight is 248 g/mol. The standard InChI is InChI=1S/C14H24N4/c1-18-9-8-12(11-18)10-16-14(15)17-13-6-4-2-3-5-7-13/h8-9,11,13H,2-7,10H2,1H3,(H3,15,16,17). The minimum atomic E-state index is 0.520. The van der Waals surface area contributed by atoms with Crippen molar-refractivity contribution in [2.24, 2.45) is 17.8 Å². The van der Waals surface area contributed by atoms with E-state index < -0.39 is 0 Å². The lowest BCUT2D eigenvalue weighted by Crippen LogP contribution is -2.39.